The molecule has 1 aliphatic rings. The first-order valence-corrected chi connectivity index (χ1v) is 6.01. The number of hydrogen-bond acceptors (Lipinski definition) is 2. The molecule has 1 aromatic rings. The van der Waals surface area contributed by atoms with Crippen LogP contribution in [-0.2, 0) is 5.41 Å². The van der Waals surface area contributed by atoms with E-state index in [0.717, 1.165) is 30.5 Å². The van der Waals surface area contributed by atoms with Gasteiger partial charge in [-0.05, 0) is 25.3 Å². The van der Waals surface area contributed by atoms with E-state index in [1.165, 1.54) is 0 Å². The van der Waals surface area contributed by atoms with Crippen LogP contribution in [0.25, 0.3) is 0 Å². The SMILES string of the molecule is C=C(C)CNC1CC(C#N)(c2ccccc2)C1. The van der Waals surface area contributed by atoms with E-state index in [1.54, 1.807) is 0 Å². The maximum Gasteiger partial charge on any atom is 0.0852 e. The molecule has 2 heteroatoms. The van der Waals surface area contributed by atoms with E-state index in [-0.39, 0.29) is 5.41 Å². The van der Waals surface area contributed by atoms with E-state index in [2.05, 4.69) is 30.1 Å². The number of rotatable bonds is 4. The van der Waals surface area contributed by atoms with E-state index in [4.69, 9.17) is 0 Å². The van der Waals surface area contributed by atoms with Gasteiger partial charge in [-0.2, -0.15) is 5.26 Å². The van der Waals surface area contributed by atoms with Crippen LogP contribution in [0.2, 0.25) is 0 Å². The smallest absolute Gasteiger partial charge is 0.0852 e. The van der Waals surface area contributed by atoms with Gasteiger partial charge < -0.3 is 5.32 Å². The maximum atomic E-state index is 9.39. The Bertz CT molecular complexity index is 436. The highest BCUT2D eigenvalue weighted by atomic mass is 14.9. The van der Waals surface area contributed by atoms with Gasteiger partial charge in [0.05, 0.1) is 11.5 Å². The first-order chi connectivity index (χ1) is 8.16. The Kier molecular flexibility index (Phi) is 3.31. The van der Waals surface area contributed by atoms with Gasteiger partial charge in [-0.1, -0.05) is 42.5 Å². The van der Waals surface area contributed by atoms with Gasteiger partial charge in [0, 0.05) is 12.6 Å². The molecule has 1 saturated carbocycles. The number of hydrogen-bond donors (Lipinski definition) is 1. The third-order valence-corrected chi connectivity index (χ3v) is 3.42. The molecule has 0 heterocycles. The summed E-state index contributed by atoms with van der Waals surface area (Å²) in [5.74, 6) is 0. The van der Waals surface area contributed by atoms with Crippen molar-refractivity contribution in [1.82, 2.24) is 5.32 Å². The van der Waals surface area contributed by atoms with Crippen LogP contribution < -0.4 is 5.32 Å². The Morgan fingerprint density at radius 1 is 1.47 bits per heavy atom. The highest BCUT2D eigenvalue weighted by Crippen LogP contribution is 2.43. The lowest BCUT2D eigenvalue weighted by atomic mass is 9.62. The summed E-state index contributed by atoms with van der Waals surface area (Å²) in [7, 11) is 0. The zero-order valence-corrected chi connectivity index (χ0v) is 10.2. The minimum Gasteiger partial charge on any atom is -0.310 e. The molecule has 0 unspecified atom stereocenters. The summed E-state index contributed by atoms with van der Waals surface area (Å²) >= 11 is 0. The molecule has 88 valence electrons. The van der Waals surface area contributed by atoms with Crippen LogP contribution >= 0.6 is 0 Å². The maximum absolute atomic E-state index is 9.39. The number of nitrogens with one attached hydrogen (secondary N) is 1. The number of benzene rings is 1. The second kappa shape index (κ2) is 4.73. The van der Waals surface area contributed by atoms with Gasteiger partial charge >= 0.3 is 0 Å². The normalized spacial score (nSPS) is 26.9. The fourth-order valence-corrected chi connectivity index (χ4v) is 2.39. The molecule has 1 aromatic carbocycles. The molecule has 0 amide bonds. The molecule has 0 radical (unpaired) electrons. The van der Waals surface area contributed by atoms with Crippen LogP contribution in [0.1, 0.15) is 25.3 Å². The topological polar surface area (TPSA) is 35.8 Å². The number of nitriles is 1. The van der Waals surface area contributed by atoms with Crippen LogP contribution in [0.15, 0.2) is 42.5 Å². The predicted molar refractivity (Wildman–Crippen MR) is 69.6 cm³/mol. The van der Waals surface area contributed by atoms with Crippen molar-refractivity contribution in [2.45, 2.75) is 31.2 Å². The highest BCUT2D eigenvalue weighted by molar-refractivity contribution is 5.36. The standard InChI is InChI=1S/C15H18N2/c1-12(2)10-17-14-8-15(9-14,11-16)13-6-4-3-5-7-13/h3-7,14,17H,1,8-10H2,2H3. The van der Waals surface area contributed by atoms with Crippen molar-refractivity contribution < 1.29 is 0 Å². The molecule has 0 aromatic heterocycles. The lowest BCUT2D eigenvalue weighted by molar-refractivity contribution is 0.231. The zero-order valence-electron chi connectivity index (χ0n) is 10.2. The third kappa shape index (κ3) is 2.40. The molecular weight excluding hydrogens is 208 g/mol. The van der Waals surface area contributed by atoms with E-state index < -0.39 is 0 Å². The van der Waals surface area contributed by atoms with E-state index in [1.807, 2.05) is 25.1 Å². The molecule has 2 rings (SSSR count). The summed E-state index contributed by atoms with van der Waals surface area (Å²) in [4.78, 5) is 0. The zero-order chi connectivity index (χ0) is 12.3. The van der Waals surface area contributed by atoms with E-state index in [0.29, 0.717) is 6.04 Å². The molecular formula is C15H18N2. The molecule has 1 N–H and O–H groups in total. The first-order valence-electron chi connectivity index (χ1n) is 6.01. The van der Waals surface area contributed by atoms with Crippen molar-refractivity contribution in [2.24, 2.45) is 0 Å². The average molecular weight is 226 g/mol. The molecule has 0 spiro atoms. The molecule has 1 aliphatic carbocycles. The Hall–Kier alpha value is -1.59. The van der Waals surface area contributed by atoms with Gasteiger partial charge in [0.25, 0.3) is 0 Å². The summed E-state index contributed by atoms with van der Waals surface area (Å²) in [5, 5.41) is 12.8. The summed E-state index contributed by atoms with van der Waals surface area (Å²) in [6.07, 6.45) is 1.81. The summed E-state index contributed by atoms with van der Waals surface area (Å²) < 4.78 is 0. The van der Waals surface area contributed by atoms with Crippen LogP contribution in [0.3, 0.4) is 0 Å². The monoisotopic (exact) mass is 226 g/mol. The van der Waals surface area contributed by atoms with Gasteiger partial charge in [0.2, 0.25) is 0 Å². The highest BCUT2D eigenvalue weighted by Gasteiger charge is 2.45. The van der Waals surface area contributed by atoms with Crippen molar-refractivity contribution >= 4 is 0 Å². The van der Waals surface area contributed by atoms with Gasteiger partial charge in [-0.25, -0.2) is 0 Å². The lowest BCUT2D eigenvalue weighted by Crippen LogP contribution is -2.51. The van der Waals surface area contributed by atoms with Crippen molar-refractivity contribution in [3.63, 3.8) is 0 Å². The predicted octanol–water partition coefficient (Wildman–Crippen LogP) is 2.78. The van der Waals surface area contributed by atoms with Gasteiger partial charge in [-0.3, -0.25) is 0 Å². The van der Waals surface area contributed by atoms with Gasteiger partial charge in [0.15, 0.2) is 0 Å². The van der Waals surface area contributed by atoms with Gasteiger partial charge in [-0.15, -0.1) is 0 Å². The molecule has 17 heavy (non-hydrogen) atoms. The van der Waals surface area contributed by atoms with Crippen molar-refractivity contribution in [3.8, 4) is 6.07 Å². The minimum absolute atomic E-state index is 0.270. The van der Waals surface area contributed by atoms with Crippen LogP contribution in [0.5, 0.6) is 0 Å². The Labute approximate surface area is 103 Å². The molecule has 0 saturated heterocycles. The molecule has 1 fully saturated rings. The van der Waals surface area contributed by atoms with Crippen molar-refractivity contribution in [3.05, 3.63) is 48.0 Å². The average Bonchev–Trinajstić information content (AvgIpc) is 2.29. The Morgan fingerprint density at radius 3 is 2.65 bits per heavy atom. The fourth-order valence-electron chi connectivity index (χ4n) is 2.39. The Morgan fingerprint density at radius 2 is 2.12 bits per heavy atom. The van der Waals surface area contributed by atoms with E-state index >= 15 is 0 Å². The molecule has 0 bridgehead atoms. The second-order valence-electron chi connectivity index (χ2n) is 5.00. The summed E-state index contributed by atoms with van der Waals surface area (Å²) in [6.45, 7) is 6.74. The number of nitrogens with zero attached hydrogens (tertiary/aromatic N) is 1. The molecule has 0 atom stereocenters. The van der Waals surface area contributed by atoms with Crippen molar-refractivity contribution in [2.75, 3.05) is 6.54 Å². The largest absolute Gasteiger partial charge is 0.310 e. The lowest BCUT2D eigenvalue weighted by Gasteiger charge is -2.43. The first kappa shape index (κ1) is 11.9. The quantitative estimate of drug-likeness (QED) is 0.801. The summed E-state index contributed by atoms with van der Waals surface area (Å²) in [5.41, 5.74) is 2.02. The van der Waals surface area contributed by atoms with Crippen LogP contribution in [0.4, 0.5) is 0 Å². The van der Waals surface area contributed by atoms with E-state index in [9.17, 15) is 5.26 Å². The minimum atomic E-state index is -0.270. The van der Waals surface area contributed by atoms with Gasteiger partial charge in [0.1, 0.15) is 0 Å². The Balaban J connectivity index is 1.99. The van der Waals surface area contributed by atoms with Crippen LogP contribution in [-0.4, -0.2) is 12.6 Å². The third-order valence-electron chi connectivity index (χ3n) is 3.42. The van der Waals surface area contributed by atoms with Crippen LogP contribution in [0, 0.1) is 11.3 Å². The molecule has 2 nitrogen and oxygen atoms in total. The fraction of sp³-hybridized carbons (Fsp3) is 0.400. The second-order valence-corrected chi connectivity index (χ2v) is 5.00. The summed E-state index contributed by atoms with van der Waals surface area (Å²) in [6, 6.07) is 13.0. The van der Waals surface area contributed by atoms with Crippen molar-refractivity contribution in [1.29, 1.82) is 5.26 Å². The molecule has 0 aliphatic heterocycles.